The molecule has 0 radical (unpaired) electrons. The molecular weight excluding hydrogens is 432 g/mol. The summed E-state index contributed by atoms with van der Waals surface area (Å²) in [6, 6.07) is 14.6. The zero-order valence-corrected chi connectivity index (χ0v) is 19.3. The highest BCUT2D eigenvalue weighted by Gasteiger charge is 2.20. The minimum atomic E-state index is -0.585. The molecule has 2 aromatic rings. The number of hydrogen-bond donors (Lipinski definition) is 0. The van der Waals surface area contributed by atoms with Gasteiger partial charge in [0, 0.05) is 7.11 Å². The molecular formula is C25H27ClO6. The van der Waals surface area contributed by atoms with Gasteiger partial charge in [0.2, 0.25) is 0 Å². The Balaban J connectivity index is 2.17. The van der Waals surface area contributed by atoms with E-state index >= 15 is 0 Å². The van der Waals surface area contributed by atoms with Gasteiger partial charge in [0.25, 0.3) is 0 Å². The molecule has 32 heavy (non-hydrogen) atoms. The number of benzene rings is 2. The topological polar surface area (TPSA) is 71.1 Å². The summed E-state index contributed by atoms with van der Waals surface area (Å²) in [5.41, 5.74) is 2.46. The molecule has 0 aliphatic heterocycles. The van der Waals surface area contributed by atoms with Gasteiger partial charge in [0.15, 0.2) is 0 Å². The van der Waals surface area contributed by atoms with Crippen molar-refractivity contribution in [1.29, 1.82) is 0 Å². The molecule has 0 amide bonds. The Bertz CT molecular complexity index is 981. The van der Waals surface area contributed by atoms with Crippen molar-refractivity contribution in [2.24, 2.45) is 0 Å². The first-order valence-corrected chi connectivity index (χ1v) is 10.3. The number of carbonyl (C=O) groups is 2. The maximum Gasteiger partial charge on any atom is 0.337 e. The molecule has 0 spiro atoms. The molecule has 0 aromatic heterocycles. The molecule has 0 heterocycles. The lowest BCUT2D eigenvalue weighted by Crippen LogP contribution is -2.21. The van der Waals surface area contributed by atoms with Crippen LogP contribution in [-0.2, 0) is 30.2 Å². The summed E-state index contributed by atoms with van der Waals surface area (Å²) in [7, 11) is 4.34. The van der Waals surface area contributed by atoms with E-state index in [1.807, 2.05) is 42.5 Å². The largest absolute Gasteiger partial charge is 0.495 e. The monoisotopic (exact) mass is 458 g/mol. The molecule has 2 aromatic carbocycles. The number of rotatable bonds is 10. The number of carbonyl (C=O) groups excluding carboxylic acids is 2. The fourth-order valence-electron chi connectivity index (χ4n) is 2.97. The SMILES string of the molecule is COC(=O)/C(COC(=O)Cc1ccccc1)=C(/C)[C@H](/C=C/c1ccc(Cl)c(OC)c1)OC. The van der Waals surface area contributed by atoms with Crippen LogP contribution in [0.5, 0.6) is 5.75 Å². The van der Waals surface area contributed by atoms with Gasteiger partial charge in [-0.15, -0.1) is 0 Å². The van der Waals surface area contributed by atoms with E-state index in [4.69, 9.17) is 30.5 Å². The van der Waals surface area contributed by atoms with Crippen molar-refractivity contribution in [3.8, 4) is 5.75 Å². The standard InChI is InChI=1S/C25H27ClO6/c1-17(22(29-2)13-11-19-10-12-21(26)23(14-19)30-3)20(25(28)31-4)16-32-24(27)15-18-8-6-5-7-9-18/h5-14,22H,15-16H2,1-4H3/b13-11+,20-17-/t22-/m0/s1. The molecule has 0 unspecified atom stereocenters. The highest BCUT2D eigenvalue weighted by Crippen LogP contribution is 2.26. The lowest BCUT2D eigenvalue weighted by atomic mass is 10.0. The number of hydrogen-bond acceptors (Lipinski definition) is 6. The average molecular weight is 459 g/mol. The summed E-state index contributed by atoms with van der Waals surface area (Å²) in [4.78, 5) is 24.6. The third kappa shape index (κ3) is 7.25. The normalized spacial score (nSPS) is 12.8. The number of esters is 2. The van der Waals surface area contributed by atoms with Crippen LogP contribution in [0.25, 0.3) is 6.08 Å². The molecule has 0 fully saturated rings. The maximum absolute atomic E-state index is 12.4. The Kier molecular flexibility index (Phi) is 9.98. The summed E-state index contributed by atoms with van der Waals surface area (Å²) in [5, 5.41) is 0.509. The fraction of sp³-hybridized carbons (Fsp3) is 0.280. The highest BCUT2D eigenvalue weighted by molar-refractivity contribution is 6.32. The molecule has 7 heteroatoms. The first-order valence-electron chi connectivity index (χ1n) is 9.91. The minimum Gasteiger partial charge on any atom is -0.495 e. The number of halogens is 1. The van der Waals surface area contributed by atoms with Gasteiger partial charge in [0.05, 0.1) is 37.3 Å². The van der Waals surface area contributed by atoms with Crippen LogP contribution in [-0.4, -0.2) is 46.0 Å². The van der Waals surface area contributed by atoms with E-state index in [1.54, 1.807) is 32.2 Å². The predicted octanol–water partition coefficient (Wildman–Crippen LogP) is 4.65. The summed E-state index contributed by atoms with van der Waals surface area (Å²) in [6.45, 7) is 1.52. The Morgan fingerprint density at radius 1 is 1.06 bits per heavy atom. The first-order chi connectivity index (χ1) is 15.4. The van der Waals surface area contributed by atoms with E-state index in [0.29, 0.717) is 16.3 Å². The van der Waals surface area contributed by atoms with Gasteiger partial charge in [0.1, 0.15) is 12.4 Å². The predicted molar refractivity (Wildman–Crippen MR) is 124 cm³/mol. The van der Waals surface area contributed by atoms with Crippen molar-refractivity contribution in [2.75, 3.05) is 27.9 Å². The second kappa shape index (κ2) is 12.7. The van der Waals surface area contributed by atoms with Gasteiger partial charge >= 0.3 is 11.9 Å². The first kappa shape index (κ1) is 25.2. The van der Waals surface area contributed by atoms with E-state index < -0.39 is 18.0 Å². The molecule has 2 rings (SSSR count). The molecule has 0 aliphatic rings. The van der Waals surface area contributed by atoms with E-state index in [-0.39, 0.29) is 18.6 Å². The van der Waals surface area contributed by atoms with Crippen LogP contribution in [0.4, 0.5) is 0 Å². The zero-order chi connectivity index (χ0) is 23.5. The van der Waals surface area contributed by atoms with Crippen molar-refractivity contribution >= 4 is 29.6 Å². The molecule has 0 aliphatic carbocycles. The van der Waals surface area contributed by atoms with E-state index in [0.717, 1.165) is 11.1 Å². The van der Waals surface area contributed by atoms with Gasteiger partial charge in [-0.05, 0) is 35.8 Å². The molecule has 0 bridgehead atoms. The second-order valence-electron chi connectivity index (χ2n) is 6.89. The molecule has 0 saturated carbocycles. The minimum absolute atomic E-state index is 0.111. The Hall–Kier alpha value is -3.09. The Morgan fingerprint density at radius 3 is 2.41 bits per heavy atom. The average Bonchev–Trinajstić information content (AvgIpc) is 2.80. The highest BCUT2D eigenvalue weighted by atomic mass is 35.5. The van der Waals surface area contributed by atoms with Gasteiger partial charge in [-0.25, -0.2) is 4.79 Å². The van der Waals surface area contributed by atoms with Crippen LogP contribution in [0.3, 0.4) is 0 Å². The van der Waals surface area contributed by atoms with Gasteiger partial charge in [-0.2, -0.15) is 0 Å². The van der Waals surface area contributed by atoms with Crippen molar-refractivity contribution in [1.82, 2.24) is 0 Å². The molecule has 1 atom stereocenters. The smallest absolute Gasteiger partial charge is 0.337 e. The van der Waals surface area contributed by atoms with Crippen LogP contribution in [0.1, 0.15) is 18.1 Å². The third-order valence-corrected chi connectivity index (χ3v) is 5.11. The Morgan fingerprint density at radius 2 is 1.78 bits per heavy atom. The summed E-state index contributed by atoms with van der Waals surface area (Å²) in [5.74, 6) is -0.475. The van der Waals surface area contributed by atoms with Crippen LogP contribution < -0.4 is 4.74 Å². The summed E-state index contributed by atoms with van der Waals surface area (Å²) >= 11 is 6.07. The molecule has 0 N–H and O–H groups in total. The van der Waals surface area contributed by atoms with Crippen LogP contribution in [0, 0.1) is 0 Å². The van der Waals surface area contributed by atoms with Crippen molar-refractivity contribution < 1.29 is 28.5 Å². The number of methoxy groups -OCH3 is 3. The van der Waals surface area contributed by atoms with Crippen molar-refractivity contribution in [2.45, 2.75) is 19.4 Å². The lowest BCUT2D eigenvalue weighted by molar-refractivity contribution is -0.143. The van der Waals surface area contributed by atoms with E-state index in [9.17, 15) is 9.59 Å². The third-order valence-electron chi connectivity index (χ3n) is 4.80. The van der Waals surface area contributed by atoms with Crippen LogP contribution in [0.2, 0.25) is 5.02 Å². The number of ether oxygens (including phenoxy) is 4. The van der Waals surface area contributed by atoms with Gasteiger partial charge < -0.3 is 18.9 Å². The van der Waals surface area contributed by atoms with Gasteiger partial charge in [-0.3, -0.25) is 4.79 Å². The fourth-order valence-corrected chi connectivity index (χ4v) is 3.17. The summed E-state index contributed by atoms with van der Waals surface area (Å²) < 4.78 is 21.0. The van der Waals surface area contributed by atoms with Crippen LogP contribution in [0.15, 0.2) is 65.8 Å². The second-order valence-corrected chi connectivity index (χ2v) is 7.29. The molecule has 0 saturated heterocycles. The van der Waals surface area contributed by atoms with E-state index in [2.05, 4.69) is 0 Å². The quantitative estimate of drug-likeness (QED) is 0.381. The van der Waals surface area contributed by atoms with Crippen molar-refractivity contribution in [3.05, 3.63) is 81.9 Å². The summed E-state index contributed by atoms with van der Waals surface area (Å²) in [6.07, 6.45) is 3.18. The maximum atomic E-state index is 12.4. The van der Waals surface area contributed by atoms with Crippen LogP contribution >= 0.6 is 11.6 Å². The van der Waals surface area contributed by atoms with Gasteiger partial charge in [-0.1, -0.05) is 60.2 Å². The zero-order valence-electron chi connectivity index (χ0n) is 18.6. The Labute approximate surface area is 193 Å². The van der Waals surface area contributed by atoms with E-state index in [1.165, 1.54) is 14.2 Å². The molecule has 170 valence electrons. The lowest BCUT2D eigenvalue weighted by Gasteiger charge is -2.17. The van der Waals surface area contributed by atoms with Crippen molar-refractivity contribution in [3.63, 3.8) is 0 Å². The molecule has 6 nitrogen and oxygen atoms in total.